The van der Waals surface area contributed by atoms with Crippen LogP contribution in [0.3, 0.4) is 0 Å². The van der Waals surface area contributed by atoms with Gasteiger partial charge in [0, 0.05) is 0 Å². The Morgan fingerprint density at radius 1 is 1.32 bits per heavy atom. The van der Waals surface area contributed by atoms with E-state index in [0.29, 0.717) is 11.3 Å². The molecule has 0 amide bonds. The molecule has 0 bridgehead atoms. The molecule has 104 valence electrons. The van der Waals surface area contributed by atoms with Crippen LogP contribution in [0.5, 0.6) is 0 Å². The molecule has 2 fully saturated rings. The molecule has 1 aromatic carbocycles. The van der Waals surface area contributed by atoms with Gasteiger partial charge in [0.2, 0.25) is 10.0 Å². The highest BCUT2D eigenvalue weighted by molar-refractivity contribution is 7.89. The van der Waals surface area contributed by atoms with Gasteiger partial charge >= 0.3 is 0 Å². The molecule has 4 nitrogen and oxygen atoms in total. The lowest BCUT2D eigenvalue weighted by Crippen LogP contribution is -2.27. The molecule has 19 heavy (non-hydrogen) atoms. The van der Waals surface area contributed by atoms with Gasteiger partial charge in [-0.25, -0.2) is 8.42 Å². The van der Waals surface area contributed by atoms with E-state index in [1.165, 1.54) is 4.31 Å². The fraction of sp³-hybridized carbons (Fsp3) is 0.571. The van der Waals surface area contributed by atoms with Crippen LogP contribution in [0.4, 0.5) is 0 Å². The van der Waals surface area contributed by atoms with Crippen molar-refractivity contribution >= 4 is 10.0 Å². The largest absolute Gasteiger partial charge is 0.391 e. The molecule has 1 N–H and O–H groups in total. The summed E-state index contributed by atoms with van der Waals surface area (Å²) in [4.78, 5) is 0.320. The van der Waals surface area contributed by atoms with E-state index < -0.39 is 16.1 Å². The van der Waals surface area contributed by atoms with E-state index >= 15 is 0 Å². The third kappa shape index (κ3) is 1.83. The first-order valence-electron chi connectivity index (χ1n) is 6.67. The Kier molecular flexibility index (Phi) is 2.78. The summed E-state index contributed by atoms with van der Waals surface area (Å²) in [5.41, 5.74) is 0.648. The van der Waals surface area contributed by atoms with Crippen molar-refractivity contribution in [3.8, 4) is 0 Å². The summed E-state index contributed by atoms with van der Waals surface area (Å²) in [5.74, 6) is 0. The first-order valence-corrected chi connectivity index (χ1v) is 8.11. The lowest BCUT2D eigenvalue weighted by Gasteiger charge is -2.18. The fourth-order valence-corrected chi connectivity index (χ4v) is 5.40. The minimum absolute atomic E-state index is 0.243. The van der Waals surface area contributed by atoms with Crippen molar-refractivity contribution in [3.63, 3.8) is 0 Å². The van der Waals surface area contributed by atoms with Crippen LogP contribution in [0, 0.1) is 6.92 Å². The Balaban J connectivity index is 1.96. The second-order valence-corrected chi connectivity index (χ2v) is 7.69. The average Bonchev–Trinajstić information content (AvgIpc) is 2.98. The Morgan fingerprint density at radius 3 is 2.53 bits per heavy atom. The molecule has 1 unspecified atom stereocenters. The third-order valence-corrected chi connectivity index (χ3v) is 6.48. The SMILES string of the molecule is Cc1ccc(S(=O)(=O)N2[C@@H]3[C@H](O)CCC[C@@]32C)cc1. The smallest absolute Gasteiger partial charge is 0.244 e. The van der Waals surface area contributed by atoms with Gasteiger partial charge in [-0.3, -0.25) is 0 Å². The summed E-state index contributed by atoms with van der Waals surface area (Å²) in [6, 6.07) is 6.65. The lowest BCUT2D eigenvalue weighted by atomic mass is 9.89. The van der Waals surface area contributed by atoms with Gasteiger partial charge in [-0.15, -0.1) is 0 Å². The van der Waals surface area contributed by atoms with E-state index in [1.807, 2.05) is 13.8 Å². The topological polar surface area (TPSA) is 57.4 Å². The summed E-state index contributed by atoms with van der Waals surface area (Å²) < 4.78 is 26.8. The van der Waals surface area contributed by atoms with Crippen LogP contribution < -0.4 is 0 Å². The van der Waals surface area contributed by atoms with Crippen molar-refractivity contribution in [3.05, 3.63) is 29.8 Å². The predicted molar refractivity (Wildman–Crippen MR) is 72.3 cm³/mol. The van der Waals surface area contributed by atoms with E-state index in [1.54, 1.807) is 24.3 Å². The van der Waals surface area contributed by atoms with E-state index in [4.69, 9.17) is 0 Å². The Bertz CT molecular complexity index is 596. The molecule has 1 saturated heterocycles. The van der Waals surface area contributed by atoms with Crippen LogP contribution in [0.2, 0.25) is 0 Å². The first kappa shape index (κ1) is 13.1. The van der Waals surface area contributed by atoms with Gasteiger partial charge in [-0.05, 0) is 45.2 Å². The number of hydrogen-bond donors (Lipinski definition) is 1. The molecule has 0 aromatic heterocycles. The zero-order valence-corrected chi connectivity index (χ0v) is 12.0. The van der Waals surface area contributed by atoms with Crippen LogP contribution >= 0.6 is 0 Å². The van der Waals surface area contributed by atoms with Crippen LogP contribution in [0.1, 0.15) is 31.7 Å². The quantitative estimate of drug-likeness (QED) is 0.839. The van der Waals surface area contributed by atoms with Gasteiger partial charge < -0.3 is 5.11 Å². The van der Waals surface area contributed by atoms with E-state index in [9.17, 15) is 13.5 Å². The molecule has 0 radical (unpaired) electrons. The number of aliphatic hydroxyl groups excluding tert-OH is 1. The number of aliphatic hydroxyl groups is 1. The molecule has 1 aliphatic carbocycles. The molecule has 1 aliphatic heterocycles. The second kappa shape index (κ2) is 4.04. The molecule has 1 saturated carbocycles. The monoisotopic (exact) mass is 281 g/mol. The van der Waals surface area contributed by atoms with Crippen molar-refractivity contribution < 1.29 is 13.5 Å². The first-order chi connectivity index (χ1) is 8.87. The summed E-state index contributed by atoms with van der Waals surface area (Å²) in [5, 5.41) is 10.0. The number of aryl methyl sites for hydroxylation is 1. The number of rotatable bonds is 2. The molecule has 1 aromatic rings. The van der Waals surface area contributed by atoms with Gasteiger partial charge in [0.25, 0.3) is 0 Å². The summed E-state index contributed by atoms with van der Waals surface area (Å²) in [7, 11) is -3.48. The minimum Gasteiger partial charge on any atom is -0.391 e. The van der Waals surface area contributed by atoms with Crippen molar-refractivity contribution in [2.24, 2.45) is 0 Å². The summed E-state index contributed by atoms with van der Waals surface area (Å²) in [6.45, 7) is 3.87. The number of nitrogens with zero attached hydrogens (tertiary/aromatic N) is 1. The van der Waals surface area contributed by atoms with Crippen molar-refractivity contribution in [1.82, 2.24) is 4.31 Å². The highest BCUT2D eigenvalue weighted by Crippen LogP contribution is 2.53. The van der Waals surface area contributed by atoms with E-state index in [0.717, 1.165) is 18.4 Å². The molecule has 0 spiro atoms. The zero-order valence-electron chi connectivity index (χ0n) is 11.2. The van der Waals surface area contributed by atoms with E-state index in [2.05, 4.69) is 0 Å². The van der Waals surface area contributed by atoms with Crippen molar-refractivity contribution in [2.45, 2.75) is 55.7 Å². The minimum atomic E-state index is -3.48. The maximum atomic E-state index is 12.6. The molecule has 5 heteroatoms. The maximum absolute atomic E-state index is 12.6. The van der Waals surface area contributed by atoms with Gasteiger partial charge in [0.15, 0.2) is 0 Å². The number of sulfonamides is 1. The van der Waals surface area contributed by atoms with Gasteiger partial charge in [0.05, 0.1) is 22.6 Å². The number of hydrogen-bond acceptors (Lipinski definition) is 3. The lowest BCUT2D eigenvalue weighted by molar-refractivity contribution is 0.135. The van der Waals surface area contributed by atoms with Crippen LogP contribution in [0.15, 0.2) is 29.2 Å². The summed E-state index contributed by atoms with van der Waals surface area (Å²) >= 11 is 0. The average molecular weight is 281 g/mol. The predicted octanol–water partition coefficient (Wildman–Crippen LogP) is 1.67. The molecule has 1 heterocycles. The fourth-order valence-electron chi connectivity index (χ4n) is 3.33. The van der Waals surface area contributed by atoms with E-state index in [-0.39, 0.29) is 11.6 Å². The maximum Gasteiger partial charge on any atom is 0.244 e. The molecule has 3 rings (SSSR count). The van der Waals surface area contributed by atoms with Crippen molar-refractivity contribution in [2.75, 3.05) is 0 Å². The Morgan fingerprint density at radius 2 is 1.95 bits per heavy atom. The van der Waals surface area contributed by atoms with Crippen molar-refractivity contribution in [1.29, 1.82) is 0 Å². The highest BCUT2D eigenvalue weighted by Gasteiger charge is 2.68. The van der Waals surface area contributed by atoms with Crippen LogP contribution in [0.25, 0.3) is 0 Å². The van der Waals surface area contributed by atoms with Gasteiger partial charge in [-0.1, -0.05) is 17.7 Å². The molecular formula is C14H19NO3S. The molecule has 4 atom stereocenters. The second-order valence-electron chi connectivity index (χ2n) is 5.88. The Hall–Kier alpha value is -0.910. The molecule has 2 aliphatic rings. The molecular weight excluding hydrogens is 262 g/mol. The van der Waals surface area contributed by atoms with Gasteiger partial charge in [-0.2, -0.15) is 4.31 Å². The Labute approximate surface area is 114 Å². The van der Waals surface area contributed by atoms with Gasteiger partial charge in [0.1, 0.15) is 0 Å². The standard InChI is InChI=1S/C14H19NO3S/c1-10-5-7-11(8-6-10)19(17,18)15-13-12(16)4-3-9-14(13,15)2/h5-8,12-13,16H,3-4,9H2,1-2H3/t12-,13-,14+,15?/m1/s1. The van der Waals surface area contributed by atoms with Crippen LogP contribution in [-0.2, 0) is 10.0 Å². The highest BCUT2D eigenvalue weighted by atomic mass is 32.2. The number of benzene rings is 1. The van der Waals surface area contributed by atoms with Crippen LogP contribution in [-0.4, -0.2) is 35.5 Å². The third-order valence-electron chi connectivity index (χ3n) is 4.45. The zero-order chi connectivity index (χ0) is 13.8. The summed E-state index contributed by atoms with van der Waals surface area (Å²) in [6.07, 6.45) is 1.88. The normalized spacial score (nSPS) is 37.7. The number of fused-ring (bicyclic) bond motifs is 1.